The second-order valence-corrected chi connectivity index (χ2v) is 8.32. The summed E-state index contributed by atoms with van der Waals surface area (Å²) in [6, 6.07) is 6.11. The molecular weight excluding hydrogens is 358 g/mol. The number of carbonyl (C=O) groups excluding carboxylic acids is 1. The summed E-state index contributed by atoms with van der Waals surface area (Å²) < 4.78 is 1.88. The Morgan fingerprint density at radius 1 is 1.48 bits per heavy atom. The Bertz CT molecular complexity index is 925. The monoisotopic (exact) mass is 383 g/mol. The number of amides is 1. The summed E-state index contributed by atoms with van der Waals surface area (Å²) >= 11 is 1.63. The molecule has 0 aliphatic carbocycles. The number of hydrogen-bond donors (Lipinski definition) is 2. The number of carbonyl (C=O) groups is 1. The quantitative estimate of drug-likeness (QED) is 0.708. The number of hydrogen-bond acceptors (Lipinski definition) is 5. The van der Waals surface area contributed by atoms with Gasteiger partial charge in [0.2, 0.25) is 0 Å². The molecule has 1 aliphatic heterocycles. The van der Waals surface area contributed by atoms with Gasteiger partial charge in [-0.05, 0) is 63.2 Å². The van der Waals surface area contributed by atoms with Crippen LogP contribution in [-0.4, -0.2) is 40.3 Å². The summed E-state index contributed by atoms with van der Waals surface area (Å²) in [7, 11) is 0. The Kier molecular flexibility index (Phi) is 5.22. The SMILES string of the molecule is CC(C)n1ncc2c(C(=O)NCC3CCCNC3)cc(-c3cccs3)nc21. The fourth-order valence-corrected chi connectivity index (χ4v) is 4.25. The largest absolute Gasteiger partial charge is 0.352 e. The van der Waals surface area contributed by atoms with Crippen LogP contribution in [0.3, 0.4) is 0 Å². The highest BCUT2D eigenvalue weighted by Crippen LogP contribution is 2.29. The fourth-order valence-electron chi connectivity index (χ4n) is 3.56. The molecule has 1 unspecified atom stereocenters. The van der Waals surface area contributed by atoms with Crippen LogP contribution in [0.25, 0.3) is 21.6 Å². The first kappa shape index (κ1) is 18.1. The van der Waals surface area contributed by atoms with Crippen molar-refractivity contribution >= 4 is 28.3 Å². The van der Waals surface area contributed by atoms with Crippen LogP contribution >= 0.6 is 11.3 Å². The van der Waals surface area contributed by atoms with Gasteiger partial charge in [0.25, 0.3) is 5.91 Å². The van der Waals surface area contributed by atoms with Crippen LogP contribution in [-0.2, 0) is 0 Å². The summed E-state index contributed by atoms with van der Waals surface area (Å²) in [4.78, 5) is 18.9. The zero-order valence-electron chi connectivity index (χ0n) is 15.7. The molecule has 1 amide bonds. The van der Waals surface area contributed by atoms with Crippen molar-refractivity contribution in [3.8, 4) is 10.6 Å². The normalized spacial score (nSPS) is 17.5. The highest BCUT2D eigenvalue weighted by molar-refractivity contribution is 7.13. The zero-order valence-corrected chi connectivity index (χ0v) is 16.6. The van der Waals surface area contributed by atoms with Gasteiger partial charge in [-0.1, -0.05) is 6.07 Å². The second-order valence-electron chi connectivity index (χ2n) is 7.37. The predicted molar refractivity (Wildman–Crippen MR) is 109 cm³/mol. The highest BCUT2D eigenvalue weighted by atomic mass is 32.1. The van der Waals surface area contributed by atoms with Gasteiger partial charge in [0.1, 0.15) is 0 Å². The standard InChI is InChI=1S/C20H25N5OS/c1-13(2)25-19-16(12-23-25)15(9-17(24-19)18-6-4-8-27-18)20(26)22-11-14-5-3-7-21-10-14/h4,6,8-9,12-14,21H,3,5,7,10-11H2,1-2H3,(H,22,26). The number of rotatable bonds is 5. The number of aromatic nitrogens is 3. The maximum atomic E-state index is 13.0. The Balaban J connectivity index is 1.68. The van der Waals surface area contributed by atoms with Crippen LogP contribution in [0.5, 0.6) is 0 Å². The summed E-state index contributed by atoms with van der Waals surface area (Å²) in [6.07, 6.45) is 4.09. The van der Waals surface area contributed by atoms with Crippen molar-refractivity contribution in [3.05, 3.63) is 35.3 Å². The highest BCUT2D eigenvalue weighted by Gasteiger charge is 2.20. The topological polar surface area (TPSA) is 71.8 Å². The van der Waals surface area contributed by atoms with Crippen molar-refractivity contribution in [1.82, 2.24) is 25.4 Å². The van der Waals surface area contributed by atoms with Crippen molar-refractivity contribution in [2.45, 2.75) is 32.7 Å². The van der Waals surface area contributed by atoms with E-state index in [-0.39, 0.29) is 11.9 Å². The third-order valence-electron chi connectivity index (χ3n) is 5.02. The number of pyridine rings is 1. The molecule has 142 valence electrons. The van der Waals surface area contributed by atoms with Crippen molar-refractivity contribution in [3.63, 3.8) is 0 Å². The summed E-state index contributed by atoms with van der Waals surface area (Å²) in [6.45, 7) is 6.89. The minimum Gasteiger partial charge on any atom is -0.352 e. The first-order valence-electron chi connectivity index (χ1n) is 9.54. The van der Waals surface area contributed by atoms with Gasteiger partial charge >= 0.3 is 0 Å². The molecule has 6 nitrogen and oxygen atoms in total. The summed E-state index contributed by atoms with van der Waals surface area (Å²) in [5.41, 5.74) is 2.24. The summed E-state index contributed by atoms with van der Waals surface area (Å²) in [5.74, 6) is 0.448. The van der Waals surface area contributed by atoms with Crippen LogP contribution in [0.2, 0.25) is 0 Å². The van der Waals surface area contributed by atoms with E-state index in [1.807, 2.05) is 28.3 Å². The number of nitrogens with zero attached hydrogens (tertiary/aromatic N) is 3. The van der Waals surface area contributed by atoms with E-state index in [1.54, 1.807) is 17.5 Å². The average molecular weight is 384 g/mol. The average Bonchev–Trinajstić information content (AvgIpc) is 3.35. The fraction of sp³-hybridized carbons (Fsp3) is 0.450. The third kappa shape index (κ3) is 3.75. The van der Waals surface area contributed by atoms with Gasteiger partial charge in [-0.2, -0.15) is 5.10 Å². The van der Waals surface area contributed by atoms with Gasteiger partial charge in [0.05, 0.1) is 27.7 Å². The Hall–Kier alpha value is -2.25. The predicted octanol–water partition coefficient (Wildman–Crippen LogP) is 3.47. The van der Waals surface area contributed by atoms with Gasteiger partial charge in [-0.25, -0.2) is 9.67 Å². The van der Waals surface area contributed by atoms with Crippen LogP contribution in [0.1, 0.15) is 43.1 Å². The molecule has 3 aromatic rings. The number of nitrogens with one attached hydrogen (secondary N) is 2. The molecule has 7 heteroatoms. The molecule has 4 rings (SSSR count). The van der Waals surface area contributed by atoms with E-state index in [4.69, 9.17) is 4.98 Å². The van der Waals surface area contributed by atoms with E-state index in [0.29, 0.717) is 18.0 Å². The molecule has 0 saturated carbocycles. The minimum atomic E-state index is -0.0471. The van der Waals surface area contributed by atoms with Gasteiger partial charge in [0, 0.05) is 12.6 Å². The molecule has 0 radical (unpaired) electrons. The number of fused-ring (bicyclic) bond motifs is 1. The second kappa shape index (κ2) is 7.78. The third-order valence-corrected chi connectivity index (χ3v) is 5.92. The van der Waals surface area contributed by atoms with Crippen molar-refractivity contribution in [2.75, 3.05) is 19.6 Å². The van der Waals surface area contributed by atoms with Crippen LogP contribution < -0.4 is 10.6 Å². The van der Waals surface area contributed by atoms with E-state index in [9.17, 15) is 4.79 Å². The lowest BCUT2D eigenvalue weighted by Crippen LogP contribution is -2.38. The number of thiophene rings is 1. The Morgan fingerprint density at radius 3 is 3.07 bits per heavy atom. The lowest BCUT2D eigenvalue weighted by atomic mass is 9.99. The van der Waals surface area contributed by atoms with E-state index in [1.165, 1.54) is 6.42 Å². The first-order chi connectivity index (χ1) is 13.1. The first-order valence-corrected chi connectivity index (χ1v) is 10.4. The summed E-state index contributed by atoms with van der Waals surface area (Å²) in [5, 5.41) is 13.8. The smallest absolute Gasteiger partial charge is 0.252 e. The lowest BCUT2D eigenvalue weighted by molar-refractivity contribution is 0.0946. The van der Waals surface area contributed by atoms with E-state index < -0.39 is 0 Å². The molecule has 0 spiro atoms. The molecule has 0 aromatic carbocycles. The molecule has 27 heavy (non-hydrogen) atoms. The van der Waals surface area contributed by atoms with Crippen molar-refractivity contribution < 1.29 is 4.79 Å². The van der Waals surface area contributed by atoms with Crippen LogP contribution in [0, 0.1) is 5.92 Å². The molecule has 1 fully saturated rings. The molecule has 1 atom stereocenters. The van der Waals surface area contributed by atoms with E-state index >= 15 is 0 Å². The molecule has 1 aliphatic rings. The van der Waals surface area contributed by atoms with Crippen molar-refractivity contribution in [1.29, 1.82) is 0 Å². The van der Waals surface area contributed by atoms with E-state index in [0.717, 1.165) is 41.1 Å². The molecule has 0 bridgehead atoms. The Morgan fingerprint density at radius 2 is 2.37 bits per heavy atom. The van der Waals surface area contributed by atoms with Gasteiger partial charge in [-0.3, -0.25) is 4.79 Å². The number of piperidine rings is 1. The van der Waals surface area contributed by atoms with Gasteiger partial charge < -0.3 is 10.6 Å². The zero-order chi connectivity index (χ0) is 18.8. The van der Waals surface area contributed by atoms with Crippen molar-refractivity contribution in [2.24, 2.45) is 5.92 Å². The molecule has 4 heterocycles. The maximum Gasteiger partial charge on any atom is 0.252 e. The molecule has 2 N–H and O–H groups in total. The minimum absolute atomic E-state index is 0.0471. The maximum absolute atomic E-state index is 13.0. The molecule has 3 aromatic heterocycles. The van der Waals surface area contributed by atoms with E-state index in [2.05, 4.69) is 29.6 Å². The van der Waals surface area contributed by atoms with Crippen LogP contribution in [0.15, 0.2) is 29.8 Å². The molecule has 1 saturated heterocycles. The van der Waals surface area contributed by atoms with Gasteiger partial charge in [0.15, 0.2) is 5.65 Å². The Labute approximate surface area is 163 Å². The lowest BCUT2D eigenvalue weighted by Gasteiger charge is -2.23. The van der Waals surface area contributed by atoms with Gasteiger partial charge in [-0.15, -0.1) is 11.3 Å². The molecular formula is C20H25N5OS. The van der Waals surface area contributed by atoms with Crippen LogP contribution in [0.4, 0.5) is 0 Å².